The van der Waals surface area contributed by atoms with Crippen LogP contribution in [0.5, 0.6) is 5.75 Å². The number of carboxylic acid groups (broad SMARTS) is 1. The molecule has 1 rings (SSSR count). The Balaban J connectivity index is 3.04. The van der Waals surface area contributed by atoms with E-state index in [1.54, 1.807) is 0 Å². The minimum atomic E-state index is -1.18. The Bertz CT molecular complexity index is 530. The third-order valence-corrected chi connectivity index (χ3v) is 3.09. The van der Waals surface area contributed by atoms with Gasteiger partial charge >= 0.3 is 11.7 Å². The van der Waals surface area contributed by atoms with Gasteiger partial charge in [0, 0.05) is 12.1 Å². The molecule has 0 saturated carbocycles. The molecule has 1 aromatic carbocycles. The highest BCUT2D eigenvalue weighted by molar-refractivity contribution is 6.42. The molecule has 0 atom stereocenters. The zero-order valence-electron chi connectivity index (χ0n) is 10.1. The Labute approximate surface area is 119 Å². The normalized spacial score (nSPS) is 11.2. The molecule has 104 valence electrons. The minimum absolute atomic E-state index is 0.0261. The number of aliphatic carboxylic acids is 1. The smallest absolute Gasteiger partial charge is 0.312 e. The second-order valence-corrected chi connectivity index (χ2v) is 5.28. The van der Waals surface area contributed by atoms with Gasteiger partial charge in [-0.15, -0.1) is 0 Å². The number of hydrogen-bond acceptors (Lipinski definition) is 4. The van der Waals surface area contributed by atoms with Gasteiger partial charge in [0.1, 0.15) is 6.61 Å². The first-order valence-corrected chi connectivity index (χ1v) is 5.90. The number of benzene rings is 1. The van der Waals surface area contributed by atoms with E-state index in [9.17, 15) is 14.9 Å². The van der Waals surface area contributed by atoms with Crippen LogP contribution in [0.25, 0.3) is 0 Å². The summed E-state index contributed by atoms with van der Waals surface area (Å²) < 4.78 is 5.19. The third kappa shape index (κ3) is 3.71. The summed E-state index contributed by atoms with van der Waals surface area (Å²) >= 11 is 11.4. The van der Waals surface area contributed by atoms with E-state index in [4.69, 9.17) is 33.0 Å². The highest BCUT2D eigenvalue weighted by atomic mass is 35.5. The van der Waals surface area contributed by atoms with Crippen LogP contribution in [0.15, 0.2) is 12.1 Å². The van der Waals surface area contributed by atoms with Crippen LogP contribution in [0.2, 0.25) is 10.0 Å². The van der Waals surface area contributed by atoms with Crippen molar-refractivity contribution in [1.29, 1.82) is 0 Å². The van der Waals surface area contributed by atoms with Gasteiger partial charge in [0.2, 0.25) is 0 Å². The molecule has 8 heteroatoms. The molecule has 0 bridgehead atoms. The van der Waals surface area contributed by atoms with Gasteiger partial charge in [-0.3, -0.25) is 14.9 Å². The van der Waals surface area contributed by atoms with E-state index in [0.29, 0.717) is 0 Å². The van der Waals surface area contributed by atoms with Crippen LogP contribution >= 0.6 is 23.2 Å². The Morgan fingerprint density at radius 3 is 2.42 bits per heavy atom. The molecule has 1 aromatic rings. The SMILES string of the molecule is CC(C)(COc1cc(Cl)c(Cl)cc1[N+](=O)[O-])C(=O)O. The zero-order valence-corrected chi connectivity index (χ0v) is 11.7. The van der Waals surface area contributed by atoms with E-state index in [0.717, 1.165) is 6.07 Å². The molecule has 0 heterocycles. The van der Waals surface area contributed by atoms with E-state index >= 15 is 0 Å². The van der Waals surface area contributed by atoms with Crippen LogP contribution in [0.4, 0.5) is 5.69 Å². The summed E-state index contributed by atoms with van der Waals surface area (Å²) in [6, 6.07) is 2.26. The van der Waals surface area contributed by atoms with Crippen molar-refractivity contribution in [2.24, 2.45) is 5.41 Å². The lowest BCUT2D eigenvalue weighted by molar-refractivity contribution is -0.385. The largest absolute Gasteiger partial charge is 0.486 e. The lowest BCUT2D eigenvalue weighted by Crippen LogP contribution is -2.30. The molecule has 6 nitrogen and oxygen atoms in total. The molecule has 0 unspecified atom stereocenters. The monoisotopic (exact) mass is 307 g/mol. The molecule has 0 amide bonds. The minimum Gasteiger partial charge on any atom is -0.486 e. The zero-order chi connectivity index (χ0) is 14.8. The lowest BCUT2D eigenvalue weighted by Gasteiger charge is -2.19. The van der Waals surface area contributed by atoms with Gasteiger partial charge in [-0.25, -0.2) is 0 Å². The summed E-state index contributed by atoms with van der Waals surface area (Å²) in [6.07, 6.45) is 0. The topological polar surface area (TPSA) is 89.7 Å². The first kappa shape index (κ1) is 15.5. The molecule has 1 N–H and O–H groups in total. The quantitative estimate of drug-likeness (QED) is 0.665. The molecule has 0 saturated heterocycles. The Kier molecular flexibility index (Phi) is 4.60. The number of nitro groups is 1. The van der Waals surface area contributed by atoms with Crippen molar-refractivity contribution in [2.45, 2.75) is 13.8 Å². The van der Waals surface area contributed by atoms with E-state index in [-0.39, 0.29) is 28.1 Å². The van der Waals surface area contributed by atoms with Gasteiger partial charge in [0.05, 0.1) is 20.4 Å². The summed E-state index contributed by atoms with van der Waals surface area (Å²) in [7, 11) is 0. The van der Waals surface area contributed by atoms with Gasteiger partial charge in [-0.1, -0.05) is 23.2 Å². The molecule has 0 aliphatic carbocycles. The number of ether oxygens (including phenoxy) is 1. The van der Waals surface area contributed by atoms with Crippen molar-refractivity contribution in [3.8, 4) is 5.75 Å². The number of halogens is 2. The van der Waals surface area contributed by atoms with Crippen LogP contribution in [0.3, 0.4) is 0 Å². The summed E-state index contributed by atoms with van der Waals surface area (Å²) in [4.78, 5) is 21.1. The predicted molar refractivity (Wildman–Crippen MR) is 70.0 cm³/mol. The average molecular weight is 308 g/mol. The van der Waals surface area contributed by atoms with Crippen LogP contribution in [-0.2, 0) is 4.79 Å². The number of carbonyl (C=O) groups is 1. The fraction of sp³-hybridized carbons (Fsp3) is 0.364. The fourth-order valence-corrected chi connectivity index (χ4v) is 1.41. The summed E-state index contributed by atoms with van der Waals surface area (Å²) in [5, 5.41) is 19.9. The second-order valence-electron chi connectivity index (χ2n) is 4.47. The van der Waals surface area contributed by atoms with Gasteiger partial charge in [-0.2, -0.15) is 0 Å². The summed E-state index contributed by atoms with van der Waals surface area (Å²) in [5.41, 5.74) is -1.55. The summed E-state index contributed by atoms with van der Waals surface area (Å²) in [5.74, 6) is -1.19. The number of rotatable bonds is 5. The maximum absolute atomic E-state index is 10.9. The molecular weight excluding hydrogens is 297 g/mol. The standard InChI is InChI=1S/C11H11Cl2NO5/c1-11(2,10(15)16)5-19-9-4-7(13)6(12)3-8(9)14(17)18/h3-4H,5H2,1-2H3,(H,15,16). The maximum Gasteiger partial charge on any atom is 0.312 e. The lowest BCUT2D eigenvalue weighted by atomic mass is 9.95. The third-order valence-electron chi connectivity index (χ3n) is 2.37. The van der Waals surface area contributed by atoms with Crippen LogP contribution in [-0.4, -0.2) is 22.6 Å². The van der Waals surface area contributed by atoms with Crippen molar-refractivity contribution in [3.05, 3.63) is 32.3 Å². The maximum atomic E-state index is 10.9. The first-order valence-electron chi connectivity index (χ1n) is 5.15. The molecule has 0 radical (unpaired) electrons. The van der Waals surface area contributed by atoms with Crippen LogP contribution in [0, 0.1) is 15.5 Å². The van der Waals surface area contributed by atoms with Crippen molar-refractivity contribution < 1.29 is 19.6 Å². The molecular formula is C11H11Cl2NO5. The van der Waals surface area contributed by atoms with Crippen molar-refractivity contribution >= 4 is 34.9 Å². The first-order chi connectivity index (χ1) is 8.65. The number of carboxylic acids is 1. The number of nitrogens with zero attached hydrogens (tertiary/aromatic N) is 1. The van der Waals surface area contributed by atoms with Gasteiger partial charge in [0.25, 0.3) is 0 Å². The van der Waals surface area contributed by atoms with E-state index in [1.165, 1.54) is 19.9 Å². The average Bonchev–Trinajstić information content (AvgIpc) is 2.29. The molecule has 0 aliphatic rings. The van der Waals surface area contributed by atoms with E-state index in [1.807, 2.05) is 0 Å². The highest BCUT2D eigenvalue weighted by Gasteiger charge is 2.29. The Hall–Kier alpha value is -1.53. The molecule has 0 fully saturated rings. The van der Waals surface area contributed by atoms with E-state index < -0.39 is 16.3 Å². The molecule has 0 spiro atoms. The van der Waals surface area contributed by atoms with Crippen molar-refractivity contribution in [3.63, 3.8) is 0 Å². The fourth-order valence-electron chi connectivity index (χ4n) is 1.10. The van der Waals surface area contributed by atoms with Crippen molar-refractivity contribution in [2.75, 3.05) is 6.61 Å². The number of hydrogen-bond donors (Lipinski definition) is 1. The second kappa shape index (κ2) is 5.63. The van der Waals surface area contributed by atoms with Gasteiger partial charge < -0.3 is 9.84 Å². The van der Waals surface area contributed by atoms with Crippen molar-refractivity contribution in [1.82, 2.24) is 0 Å². The van der Waals surface area contributed by atoms with Gasteiger partial charge in [-0.05, 0) is 13.8 Å². The summed E-state index contributed by atoms with van der Waals surface area (Å²) in [6.45, 7) is 2.65. The Morgan fingerprint density at radius 1 is 1.42 bits per heavy atom. The number of nitro benzene ring substituents is 1. The van der Waals surface area contributed by atoms with Crippen LogP contribution < -0.4 is 4.74 Å². The molecule has 19 heavy (non-hydrogen) atoms. The highest BCUT2D eigenvalue weighted by Crippen LogP contribution is 2.36. The van der Waals surface area contributed by atoms with Crippen LogP contribution in [0.1, 0.15) is 13.8 Å². The molecule has 0 aliphatic heterocycles. The molecule has 0 aromatic heterocycles. The van der Waals surface area contributed by atoms with E-state index in [2.05, 4.69) is 0 Å². The Morgan fingerprint density at radius 2 is 1.95 bits per heavy atom. The predicted octanol–water partition coefficient (Wildman–Crippen LogP) is 3.39. The van der Waals surface area contributed by atoms with Gasteiger partial charge in [0.15, 0.2) is 5.75 Å².